The summed E-state index contributed by atoms with van der Waals surface area (Å²) in [5, 5.41) is 0. The van der Waals surface area contributed by atoms with Crippen molar-refractivity contribution in [3.8, 4) is 18.1 Å². The van der Waals surface area contributed by atoms with Gasteiger partial charge >= 0.3 is 5.97 Å². The number of benzene rings is 1. The van der Waals surface area contributed by atoms with Gasteiger partial charge in [-0.3, -0.25) is 4.79 Å². The number of esters is 1. The van der Waals surface area contributed by atoms with Crippen LogP contribution in [0, 0.1) is 41.4 Å². The Morgan fingerprint density at radius 3 is 0.821 bits per heavy atom. The summed E-state index contributed by atoms with van der Waals surface area (Å²) in [5.41, 5.74) is 0. The molecule has 1 aromatic rings. The molecule has 0 radical (unpaired) electrons. The van der Waals surface area contributed by atoms with Gasteiger partial charge in [-0.2, -0.15) is 8.78 Å². The Balaban J connectivity index is 1.70. The summed E-state index contributed by atoms with van der Waals surface area (Å²) < 4.78 is 140. The number of carbonyl (C=O) groups is 1. The first-order valence-electron chi connectivity index (χ1n) is 18.1. The molecule has 0 aliphatic rings. The number of carbonyl (C=O) groups excluding carboxylic acids is 1. The molecule has 324 valence electrons. The van der Waals surface area contributed by atoms with Gasteiger partial charge in [0.05, 0.1) is 172 Å². The van der Waals surface area contributed by atoms with Gasteiger partial charge < -0.3 is 66.3 Å². The Morgan fingerprint density at radius 2 is 0.571 bits per heavy atom. The average molecular weight is 823 g/mol. The molecule has 1 rings (SSSR count). The van der Waals surface area contributed by atoms with Crippen LogP contribution in [-0.2, 0) is 66.4 Å². The van der Waals surface area contributed by atoms with Gasteiger partial charge in [-0.15, -0.1) is 6.42 Å². The zero-order valence-electron chi connectivity index (χ0n) is 31.7. The van der Waals surface area contributed by atoms with Gasteiger partial charge in [-0.25, -0.2) is 13.2 Å². The summed E-state index contributed by atoms with van der Waals surface area (Å²) in [7, 11) is 0. The normalized spacial score (nSPS) is 11.4. The van der Waals surface area contributed by atoms with E-state index in [-0.39, 0.29) is 33.0 Å². The van der Waals surface area contributed by atoms with Crippen LogP contribution in [0.4, 0.5) is 22.0 Å². The molecule has 0 fully saturated rings. The van der Waals surface area contributed by atoms with Crippen molar-refractivity contribution in [1.29, 1.82) is 0 Å². The Bertz CT molecular complexity index is 1120. The molecule has 0 amide bonds. The Labute approximate surface area is 324 Å². The Kier molecular flexibility index (Phi) is 34.8. The van der Waals surface area contributed by atoms with E-state index in [1.54, 1.807) is 0 Å². The van der Waals surface area contributed by atoms with Gasteiger partial charge in [0.2, 0.25) is 34.8 Å². The summed E-state index contributed by atoms with van der Waals surface area (Å²) in [4.78, 5) is 11.7. The van der Waals surface area contributed by atoms with E-state index in [2.05, 4.69) is 10.7 Å². The second kappa shape index (κ2) is 37.9. The molecule has 0 aliphatic carbocycles. The molecule has 1 aromatic carbocycles. The third-order valence-electron chi connectivity index (χ3n) is 6.49. The van der Waals surface area contributed by atoms with E-state index in [1.165, 1.54) is 0 Å². The van der Waals surface area contributed by atoms with Crippen molar-refractivity contribution in [2.45, 2.75) is 6.42 Å². The van der Waals surface area contributed by atoms with Crippen LogP contribution in [0.2, 0.25) is 0 Å². The summed E-state index contributed by atoms with van der Waals surface area (Å²) in [5.74, 6) is -11.8. The van der Waals surface area contributed by atoms with Crippen LogP contribution in [0.1, 0.15) is 6.42 Å². The first kappa shape index (κ1) is 51.4. The van der Waals surface area contributed by atoms with Crippen molar-refractivity contribution in [3.05, 3.63) is 29.1 Å². The number of hydrogen-bond donors (Lipinski definition) is 0. The first-order valence-corrected chi connectivity index (χ1v) is 18.1. The van der Waals surface area contributed by atoms with Gasteiger partial charge in [0.1, 0.15) is 6.61 Å². The number of rotatable bonds is 41. The van der Waals surface area contributed by atoms with E-state index in [4.69, 9.17) is 68.0 Å². The fourth-order valence-electron chi connectivity index (χ4n) is 3.76. The first-order chi connectivity index (χ1) is 27.4. The highest BCUT2D eigenvalue weighted by Gasteiger charge is 2.28. The fraction of sp³-hybridized carbons (Fsp3) is 0.750. The van der Waals surface area contributed by atoms with Crippen LogP contribution in [-0.4, -0.2) is 178 Å². The lowest BCUT2D eigenvalue weighted by Gasteiger charge is -2.09. The van der Waals surface area contributed by atoms with E-state index < -0.39 is 47.2 Å². The molecule has 0 heterocycles. The van der Waals surface area contributed by atoms with Crippen LogP contribution >= 0.6 is 0 Å². The minimum absolute atomic E-state index is 0.0763. The number of hydrogen-bond acceptors (Lipinski definition) is 15. The largest absolute Gasteiger partial charge is 0.420 e. The molecule has 0 N–H and O–H groups in total. The molecule has 0 aliphatic heterocycles. The van der Waals surface area contributed by atoms with Gasteiger partial charge in [0, 0.05) is 0 Å². The van der Waals surface area contributed by atoms with Crippen LogP contribution in [0.5, 0.6) is 5.75 Å². The van der Waals surface area contributed by atoms with E-state index in [0.29, 0.717) is 139 Å². The monoisotopic (exact) mass is 822 g/mol. The molecule has 0 atom stereocenters. The standard InChI is InChI=1S/C36H55F5O15/c1-2-4-43-6-8-45-10-12-47-14-16-49-18-20-51-22-24-53-26-28-55-29-27-54-25-23-52-21-19-50-17-15-48-13-11-46-9-7-44-5-3-30(42)56-36-34(40)32(38)31(37)33(39)35(36)41/h1H,3-29H2. The minimum atomic E-state index is -2.35. The highest BCUT2D eigenvalue weighted by molar-refractivity contribution is 5.72. The van der Waals surface area contributed by atoms with E-state index in [1.807, 2.05) is 0 Å². The summed E-state index contributed by atoms with van der Waals surface area (Å²) in [6, 6.07) is 0. The second-order valence-corrected chi connectivity index (χ2v) is 10.7. The molecule has 0 bridgehead atoms. The molecule has 0 saturated heterocycles. The third-order valence-corrected chi connectivity index (χ3v) is 6.49. The quantitative estimate of drug-likeness (QED) is 0.0181. The lowest BCUT2D eigenvalue weighted by atomic mass is 10.2. The summed E-state index contributed by atoms with van der Waals surface area (Å²) in [6.07, 6.45) is 4.58. The molecule has 0 unspecified atom stereocenters. The number of halogens is 5. The van der Waals surface area contributed by atoms with Crippen molar-refractivity contribution >= 4 is 5.97 Å². The number of ether oxygens (including phenoxy) is 14. The van der Waals surface area contributed by atoms with E-state index in [9.17, 15) is 26.7 Å². The van der Waals surface area contributed by atoms with Gasteiger partial charge in [0.15, 0.2) is 0 Å². The fourth-order valence-corrected chi connectivity index (χ4v) is 3.76. The van der Waals surface area contributed by atoms with Crippen LogP contribution in [0.3, 0.4) is 0 Å². The van der Waals surface area contributed by atoms with E-state index >= 15 is 0 Å². The molecule has 0 aromatic heterocycles. The Morgan fingerprint density at radius 1 is 0.357 bits per heavy atom. The zero-order chi connectivity index (χ0) is 40.7. The van der Waals surface area contributed by atoms with Crippen molar-refractivity contribution in [2.24, 2.45) is 0 Å². The molecule has 15 nitrogen and oxygen atoms in total. The predicted octanol–water partition coefficient (Wildman–Crippen LogP) is 2.53. The maximum absolute atomic E-state index is 13.6. The maximum Gasteiger partial charge on any atom is 0.313 e. The van der Waals surface area contributed by atoms with Crippen LogP contribution < -0.4 is 4.74 Å². The molecule has 0 saturated carbocycles. The SMILES string of the molecule is C#CCOCCOCCOCCOCCOCCOCCOCCOCCOCCOCCOCCOCCOCCC(=O)Oc1c(F)c(F)c(F)c(F)c1F. The van der Waals surface area contributed by atoms with Crippen molar-refractivity contribution < 1.29 is 93.1 Å². The van der Waals surface area contributed by atoms with Crippen LogP contribution in [0.25, 0.3) is 0 Å². The predicted molar refractivity (Wildman–Crippen MR) is 186 cm³/mol. The Hall–Kier alpha value is -2.62. The van der Waals surface area contributed by atoms with Crippen molar-refractivity contribution in [1.82, 2.24) is 0 Å². The molecule has 0 spiro atoms. The minimum Gasteiger partial charge on any atom is -0.420 e. The summed E-state index contributed by atoms with van der Waals surface area (Å²) >= 11 is 0. The molecular weight excluding hydrogens is 767 g/mol. The third kappa shape index (κ3) is 28.7. The smallest absolute Gasteiger partial charge is 0.313 e. The topological polar surface area (TPSA) is 146 Å². The molecular formula is C36H55F5O15. The molecule has 20 heteroatoms. The van der Waals surface area contributed by atoms with Crippen molar-refractivity contribution in [2.75, 3.05) is 172 Å². The zero-order valence-corrected chi connectivity index (χ0v) is 31.7. The van der Waals surface area contributed by atoms with Gasteiger partial charge in [-0.05, 0) is 0 Å². The highest BCUT2D eigenvalue weighted by atomic mass is 19.2. The molecule has 56 heavy (non-hydrogen) atoms. The summed E-state index contributed by atoms with van der Waals surface area (Å²) in [6.45, 7) is 9.81. The lowest BCUT2D eigenvalue weighted by molar-refractivity contribution is -0.136. The second-order valence-electron chi connectivity index (χ2n) is 10.7. The van der Waals surface area contributed by atoms with E-state index in [0.717, 1.165) is 0 Å². The van der Waals surface area contributed by atoms with Gasteiger partial charge in [-0.1, -0.05) is 5.92 Å². The maximum atomic E-state index is 13.6. The van der Waals surface area contributed by atoms with Crippen molar-refractivity contribution in [3.63, 3.8) is 0 Å². The average Bonchev–Trinajstić information content (AvgIpc) is 3.20. The van der Waals surface area contributed by atoms with Gasteiger partial charge in [0.25, 0.3) is 0 Å². The number of terminal acetylenes is 1. The highest BCUT2D eigenvalue weighted by Crippen LogP contribution is 2.29. The van der Waals surface area contributed by atoms with Crippen LogP contribution in [0.15, 0.2) is 0 Å². The lowest BCUT2D eigenvalue weighted by Crippen LogP contribution is -2.16.